The highest BCUT2D eigenvalue weighted by Crippen LogP contribution is 2.18. The van der Waals surface area contributed by atoms with E-state index in [4.69, 9.17) is 0 Å². The number of hydrogen-bond donors (Lipinski definition) is 1. The first-order valence-corrected chi connectivity index (χ1v) is 8.98. The molecule has 26 heavy (non-hydrogen) atoms. The lowest BCUT2D eigenvalue weighted by atomic mass is 10.1. The molecule has 0 aliphatic heterocycles. The van der Waals surface area contributed by atoms with Crippen LogP contribution in [0.3, 0.4) is 0 Å². The summed E-state index contributed by atoms with van der Waals surface area (Å²) in [5, 5.41) is 2.65. The minimum atomic E-state index is -3.53. The van der Waals surface area contributed by atoms with Crippen molar-refractivity contribution in [1.29, 1.82) is 0 Å². The molecule has 140 valence electrons. The fourth-order valence-electron chi connectivity index (χ4n) is 2.10. The van der Waals surface area contributed by atoms with Crippen LogP contribution in [0.2, 0.25) is 0 Å². The SMILES string of the molecule is CN(C)S(=O)(=O)c1ccc(NC(=O)Cc2ccc(OC(F)F)cc2)cc1. The molecule has 0 aromatic heterocycles. The Morgan fingerprint density at radius 2 is 1.65 bits per heavy atom. The molecule has 1 amide bonds. The third-order valence-electron chi connectivity index (χ3n) is 3.43. The van der Waals surface area contributed by atoms with Gasteiger partial charge in [0.2, 0.25) is 15.9 Å². The number of ether oxygens (including phenoxy) is 1. The number of rotatable bonds is 7. The van der Waals surface area contributed by atoms with Gasteiger partial charge in [0, 0.05) is 19.8 Å². The van der Waals surface area contributed by atoms with Crippen molar-refractivity contribution in [3.8, 4) is 5.75 Å². The van der Waals surface area contributed by atoms with Gasteiger partial charge in [-0.15, -0.1) is 0 Å². The molecule has 0 saturated heterocycles. The maximum Gasteiger partial charge on any atom is 0.387 e. The second kappa shape index (κ2) is 8.24. The minimum absolute atomic E-state index is 0.0156. The summed E-state index contributed by atoms with van der Waals surface area (Å²) in [5.41, 5.74) is 1.07. The number of anilines is 1. The predicted octanol–water partition coefficient (Wildman–Crippen LogP) is 2.72. The largest absolute Gasteiger partial charge is 0.435 e. The fraction of sp³-hybridized carbons (Fsp3) is 0.235. The maximum atomic E-state index is 12.1. The molecule has 2 aromatic rings. The lowest BCUT2D eigenvalue weighted by Gasteiger charge is -2.12. The van der Waals surface area contributed by atoms with Gasteiger partial charge in [-0.25, -0.2) is 12.7 Å². The summed E-state index contributed by atoms with van der Waals surface area (Å²) >= 11 is 0. The number of sulfonamides is 1. The zero-order valence-corrected chi connectivity index (χ0v) is 15.0. The molecule has 0 aliphatic carbocycles. The topological polar surface area (TPSA) is 75.7 Å². The van der Waals surface area contributed by atoms with Crippen LogP contribution in [0.25, 0.3) is 0 Å². The molecule has 0 fully saturated rings. The first kappa shape index (κ1) is 19.8. The van der Waals surface area contributed by atoms with Crippen molar-refractivity contribution >= 4 is 21.6 Å². The van der Waals surface area contributed by atoms with Crippen LogP contribution in [0.1, 0.15) is 5.56 Å². The number of carbonyl (C=O) groups excluding carboxylic acids is 1. The number of nitrogens with one attached hydrogen (secondary N) is 1. The van der Waals surface area contributed by atoms with Gasteiger partial charge < -0.3 is 10.1 Å². The zero-order chi connectivity index (χ0) is 19.3. The summed E-state index contributed by atoms with van der Waals surface area (Å²) in [5.74, 6) is -0.308. The van der Waals surface area contributed by atoms with Crippen molar-refractivity contribution in [3.05, 3.63) is 54.1 Å². The van der Waals surface area contributed by atoms with Gasteiger partial charge in [0.25, 0.3) is 0 Å². The highest BCUT2D eigenvalue weighted by molar-refractivity contribution is 7.89. The van der Waals surface area contributed by atoms with E-state index < -0.39 is 16.6 Å². The summed E-state index contributed by atoms with van der Waals surface area (Å²) < 4.78 is 53.5. The van der Waals surface area contributed by atoms with E-state index in [2.05, 4.69) is 10.1 Å². The first-order valence-electron chi connectivity index (χ1n) is 7.54. The molecule has 0 unspecified atom stereocenters. The second-order valence-corrected chi connectivity index (χ2v) is 7.71. The molecule has 0 atom stereocenters. The zero-order valence-electron chi connectivity index (χ0n) is 14.1. The standard InChI is InChI=1S/C17H18F2N2O4S/c1-21(2)26(23,24)15-9-5-13(6-10-15)20-16(22)11-12-3-7-14(8-4-12)25-17(18)19/h3-10,17H,11H2,1-2H3,(H,20,22). The van der Waals surface area contributed by atoms with Gasteiger partial charge in [-0.2, -0.15) is 8.78 Å². The van der Waals surface area contributed by atoms with Crippen LogP contribution >= 0.6 is 0 Å². The molecular weight excluding hydrogens is 366 g/mol. The Morgan fingerprint density at radius 3 is 2.15 bits per heavy atom. The molecule has 0 spiro atoms. The van der Waals surface area contributed by atoms with E-state index in [0.29, 0.717) is 11.3 Å². The van der Waals surface area contributed by atoms with Gasteiger partial charge in [-0.3, -0.25) is 4.79 Å². The predicted molar refractivity (Wildman–Crippen MR) is 92.7 cm³/mol. The van der Waals surface area contributed by atoms with Gasteiger partial charge in [0.15, 0.2) is 0 Å². The first-order chi connectivity index (χ1) is 12.2. The minimum Gasteiger partial charge on any atom is -0.435 e. The molecule has 2 rings (SSSR count). The van der Waals surface area contributed by atoms with Gasteiger partial charge in [-0.05, 0) is 42.0 Å². The van der Waals surface area contributed by atoms with Crippen molar-refractivity contribution in [1.82, 2.24) is 4.31 Å². The number of carbonyl (C=O) groups is 1. The van der Waals surface area contributed by atoms with E-state index in [9.17, 15) is 22.0 Å². The van der Waals surface area contributed by atoms with Crippen LogP contribution in [-0.2, 0) is 21.2 Å². The highest BCUT2D eigenvalue weighted by atomic mass is 32.2. The lowest BCUT2D eigenvalue weighted by molar-refractivity contribution is -0.115. The molecule has 0 radical (unpaired) electrons. The average Bonchev–Trinajstić information content (AvgIpc) is 2.56. The number of hydrogen-bond acceptors (Lipinski definition) is 4. The quantitative estimate of drug-likeness (QED) is 0.796. The van der Waals surface area contributed by atoms with E-state index in [1.165, 1.54) is 62.6 Å². The van der Waals surface area contributed by atoms with Crippen LogP contribution in [0, 0.1) is 0 Å². The Morgan fingerprint density at radius 1 is 1.08 bits per heavy atom. The number of nitrogens with zero attached hydrogens (tertiary/aromatic N) is 1. The van der Waals surface area contributed by atoms with Crippen LogP contribution in [-0.4, -0.2) is 39.3 Å². The summed E-state index contributed by atoms with van der Waals surface area (Å²) in [6, 6.07) is 11.5. The normalized spacial score (nSPS) is 11.6. The second-order valence-electron chi connectivity index (χ2n) is 5.56. The molecular formula is C17H18F2N2O4S. The van der Waals surface area contributed by atoms with E-state index in [0.717, 1.165) is 4.31 Å². The molecule has 0 heterocycles. The van der Waals surface area contributed by atoms with Gasteiger partial charge >= 0.3 is 6.61 Å². The Bertz CT molecular complexity index is 851. The molecule has 6 nitrogen and oxygen atoms in total. The van der Waals surface area contributed by atoms with E-state index in [1.54, 1.807) is 0 Å². The van der Waals surface area contributed by atoms with E-state index >= 15 is 0 Å². The number of amides is 1. The highest BCUT2D eigenvalue weighted by Gasteiger charge is 2.16. The Kier molecular flexibility index (Phi) is 6.27. The molecule has 0 aliphatic rings. The van der Waals surface area contributed by atoms with Crippen LogP contribution in [0.4, 0.5) is 14.5 Å². The van der Waals surface area contributed by atoms with Crippen molar-refractivity contribution in [2.75, 3.05) is 19.4 Å². The monoisotopic (exact) mass is 384 g/mol. The third kappa shape index (κ3) is 5.24. The van der Waals surface area contributed by atoms with E-state index in [-0.39, 0.29) is 23.0 Å². The lowest BCUT2D eigenvalue weighted by Crippen LogP contribution is -2.22. The van der Waals surface area contributed by atoms with Crippen molar-refractivity contribution in [2.45, 2.75) is 17.9 Å². The van der Waals surface area contributed by atoms with Crippen molar-refractivity contribution < 1.29 is 26.7 Å². The van der Waals surface area contributed by atoms with Crippen LogP contribution < -0.4 is 10.1 Å². The maximum absolute atomic E-state index is 12.1. The van der Waals surface area contributed by atoms with E-state index in [1.807, 2.05) is 0 Å². The average molecular weight is 384 g/mol. The Labute approximate surface area is 150 Å². The summed E-state index contributed by atoms with van der Waals surface area (Å²) in [7, 11) is -0.662. The molecule has 2 aromatic carbocycles. The van der Waals surface area contributed by atoms with Crippen molar-refractivity contribution in [2.24, 2.45) is 0 Å². The van der Waals surface area contributed by atoms with Gasteiger partial charge in [-0.1, -0.05) is 12.1 Å². The van der Waals surface area contributed by atoms with Gasteiger partial charge in [0.1, 0.15) is 5.75 Å². The number of halogens is 2. The van der Waals surface area contributed by atoms with Crippen LogP contribution in [0.15, 0.2) is 53.4 Å². The van der Waals surface area contributed by atoms with Gasteiger partial charge in [0.05, 0.1) is 11.3 Å². The molecule has 1 N–H and O–H groups in total. The van der Waals surface area contributed by atoms with Crippen molar-refractivity contribution in [3.63, 3.8) is 0 Å². The van der Waals surface area contributed by atoms with Crippen LogP contribution in [0.5, 0.6) is 5.75 Å². The number of benzene rings is 2. The summed E-state index contributed by atoms with van der Waals surface area (Å²) in [6.45, 7) is -2.90. The Hall–Kier alpha value is -2.52. The molecule has 9 heteroatoms. The Balaban J connectivity index is 1.97. The summed E-state index contributed by atoms with van der Waals surface area (Å²) in [4.78, 5) is 12.2. The summed E-state index contributed by atoms with van der Waals surface area (Å²) in [6.07, 6.45) is 0.0344. The third-order valence-corrected chi connectivity index (χ3v) is 5.26. The number of alkyl halides is 2. The molecule has 0 saturated carbocycles. The molecule has 0 bridgehead atoms. The smallest absolute Gasteiger partial charge is 0.387 e. The fourth-order valence-corrected chi connectivity index (χ4v) is 3.00.